The van der Waals surface area contributed by atoms with Gasteiger partial charge in [-0.15, -0.1) is 0 Å². The van der Waals surface area contributed by atoms with Gasteiger partial charge in [0.05, 0.1) is 46.7 Å². The smallest absolute Gasteiger partial charge is 0.417 e. The Labute approximate surface area is 261 Å². The van der Waals surface area contributed by atoms with Gasteiger partial charge in [-0.1, -0.05) is 35.3 Å². The minimum Gasteiger partial charge on any atom is -0.466 e. The highest BCUT2D eigenvalue weighted by atomic mass is 35.5. The van der Waals surface area contributed by atoms with Crippen LogP contribution in [0.15, 0.2) is 73.1 Å². The van der Waals surface area contributed by atoms with Crippen LogP contribution in [0.5, 0.6) is 0 Å². The highest BCUT2D eigenvalue weighted by Crippen LogP contribution is 2.36. The van der Waals surface area contributed by atoms with Gasteiger partial charge in [0.15, 0.2) is 5.78 Å². The molecule has 0 unspecified atom stereocenters. The first-order valence-corrected chi connectivity index (χ1v) is 14.1. The fourth-order valence-electron chi connectivity index (χ4n) is 4.33. The summed E-state index contributed by atoms with van der Waals surface area (Å²) in [5.41, 5.74) is 0.482. The number of ether oxygens (including phenoxy) is 1. The number of amides is 1. The maximum atomic E-state index is 13.5. The third-order valence-electron chi connectivity index (χ3n) is 6.48. The maximum Gasteiger partial charge on any atom is 0.417 e. The van der Waals surface area contributed by atoms with E-state index in [1.807, 2.05) is 18.0 Å². The van der Waals surface area contributed by atoms with Crippen LogP contribution in [-0.4, -0.2) is 52.5 Å². The molecule has 0 aliphatic rings. The van der Waals surface area contributed by atoms with E-state index in [1.165, 1.54) is 36.7 Å². The monoisotopic (exact) mass is 646 g/mol. The minimum absolute atomic E-state index is 0.0480. The molecular formula is C31H27Cl2F3N4O4. The van der Waals surface area contributed by atoms with Crippen LogP contribution in [0.4, 0.5) is 18.9 Å². The van der Waals surface area contributed by atoms with Gasteiger partial charge in [-0.05, 0) is 68.1 Å². The van der Waals surface area contributed by atoms with Crippen LogP contribution >= 0.6 is 23.2 Å². The Hall–Kier alpha value is -4.19. The average molecular weight is 647 g/mol. The standard InChI is InChI=1S/C31H27Cl2F3N4O4/c1-3-44-28(41)11-12-39(2)17-19-5-4-6-20(13-19)30(43)38-27-10-7-22(32)14-24(27)29(42)21-16-37-40(18-21)23-8-9-26(33)25(15-23)31(34,35)36/h4-10,13-16,18H,3,11-12,17H2,1-2H3,(H,38,43). The van der Waals surface area contributed by atoms with Crippen molar-refractivity contribution < 1.29 is 32.3 Å². The van der Waals surface area contributed by atoms with Crippen LogP contribution in [0.3, 0.4) is 0 Å². The number of esters is 1. The van der Waals surface area contributed by atoms with E-state index < -0.39 is 28.5 Å². The van der Waals surface area contributed by atoms with Gasteiger partial charge in [0.25, 0.3) is 5.91 Å². The first kappa shape index (κ1) is 32.7. The summed E-state index contributed by atoms with van der Waals surface area (Å²) in [4.78, 5) is 40.3. The van der Waals surface area contributed by atoms with Crippen LogP contribution in [0, 0.1) is 0 Å². The Bertz CT molecular complexity index is 1690. The first-order valence-electron chi connectivity index (χ1n) is 13.4. The molecule has 230 valence electrons. The Kier molecular flexibility index (Phi) is 10.5. The molecular weight excluding hydrogens is 620 g/mol. The molecule has 0 radical (unpaired) electrons. The zero-order chi connectivity index (χ0) is 32.0. The molecule has 0 aliphatic heterocycles. The minimum atomic E-state index is -4.67. The van der Waals surface area contributed by atoms with Gasteiger partial charge in [0.2, 0.25) is 0 Å². The Morgan fingerprint density at radius 2 is 1.80 bits per heavy atom. The molecule has 0 saturated heterocycles. The van der Waals surface area contributed by atoms with Crippen molar-refractivity contribution in [1.82, 2.24) is 14.7 Å². The molecule has 1 heterocycles. The number of carbonyl (C=O) groups is 3. The molecule has 0 atom stereocenters. The molecule has 1 amide bonds. The third-order valence-corrected chi connectivity index (χ3v) is 7.05. The van der Waals surface area contributed by atoms with E-state index >= 15 is 0 Å². The largest absolute Gasteiger partial charge is 0.466 e. The molecule has 1 aromatic heterocycles. The molecule has 0 aliphatic carbocycles. The Balaban J connectivity index is 1.51. The van der Waals surface area contributed by atoms with Crippen molar-refractivity contribution in [2.45, 2.75) is 26.1 Å². The number of anilines is 1. The number of alkyl halides is 3. The van der Waals surface area contributed by atoms with Gasteiger partial charge >= 0.3 is 12.1 Å². The lowest BCUT2D eigenvalue weighted by Gasteiger charge is -2.17. The van der Waals surface area contributed by atoms with Crippen molar-refractivity contribution in [3.63, 3.8) is 0 Å². The summed E-state index contributed by atoms with van der Waals surface area (Å²) < 4.78 is 46.1. The van der Waals surface area contributed by atoms with Crippen LogP contribution in [0.2, 0.25) is 10.0 Å². The zero-order valence-electron chi connectivity index (χ0n) is 23.6. The Morgan fingerprint density at radius 3 is 2.52 bits per heavy atom. The van der Waals surface area contributed by atoms with E-state index in [0.717, 1.165) is 22.4 Å². The number of hydrogen-bond acceptors (Lipinski definition) is 6. The number of nitrogens with one attached hydrogen (secondary N) is 1. The molecule has 1 N–H and O–H groups in total. The second-order valence-electron chi connectivity index (χ2n) is 9.80. The van der Waals surface area contributed by atoms with Crippen LogP contribution in [0.1, 0.15) is 50.8 Å². The van der Waals surface area contributed by atoms with E-state index in [2.05, 4.69) is 10.4 Å². The zero-order valence-corrected chi connectivity index (χ0v) is 25.1. The normalized spacial score (nSPS) is 11.5. The molecule has 0 spiro atoms. The van der Waals surface area contributed by atoms with Crippen LogP contribution in [0.25, 0.3) is 5.69 Å². The molecule has 44 heavy (non-hydrogen) atoms. The Morgan fingerprint density at radius 1 is 1.02 bits per heavy atom. The van der Waals surface area contributed by atoms with Crippen molar-refractivity contribution in [2.75, 3.05) is 25.5 Å². The topological polar surface area (TPSA) is 93.5 Å². The molecule has 4 rings (SSSR count). The highest BCUT2D eigenvalue weighted by Gasteiger charge is 2.33. The van der Waals surface area contributed by atoms with Gasteiger partial charge in [-0.2, -0.15) is 18.3 Å². The van der Waals surface area contributed by atoms with E-state index in [0.29, 0.717) is 25.3 Å². The first-order chi connectivity index (χ1) is 20.8. The fraction of sp³-hybridized carbons (Fsp3) is 0.226. The number of benzene rings is 3. The summed E-state index contributed by atoms with van der Waals surface area (Å²) in [5.74, 6) is -1.32. The molecule has 13 heteroatoms. The number of hydrogen-bond donors (Lipinski definition) is 1. The van der Waals surface area contributed by atoms with Crippen LogP contribution in [-0.2, 0) is 22.3 Å². The predicted octanol–water partition coefficient (Wildman–Crippen LogP) is 7.07. The highest BCUT2D eigenvalue weighted by molar-refractivity contribution is 6.32. The second kappa shape index (κ2) is 14.1. The molecule has 4 aromatic rings. The van der Waals surface area contributed by atoms with Crippen molar-refractivity contribution in [3.8, 4) is 5.69 Å². The summed E-state index contributed by atoms with van der Waals surface area (Å²) in [6.45, 7) is 3.02. The van der Waals surface area contributed by atoms with Gasteiger partial charge in [0, 0.05) is 35.4 Å². The third kappa shape index (κ3) is 8.25. The predicted molar refractivity (Wildman–Crippen MR) is 160 cm³/mol. The van der Waals surface area contributed by atoms with Crippen molar-refractivity contribution in [3.05, 3.63) is 111 Å². The van der Waals surface area contributed by atoms with E-state index in [-0.39, 0.29) is 39.9 Å². The van der Waals surface area contributed by atoms with Crippen molar-refractivity contribution in [1.29, 1.82) is 0 Å². The molecule has 3 aromatic carbocycles. The molecule has 0 fully saturated rings. The fourth-order valence-corrected chi connectivity index (χ4v) is 4.73. The number of halogens is 5. The number of nitrogens with zero attached hydrogens (tertiary/aromatic N) is 3. The maximum absolute atomic E-state index is 13.5. The SMILES string of the molecule is CCOC(=O)CCN(C)Cc1cccc(C(=O)Nc2ccc(Cl)cc2C(=O)c2cnn(-c3ccc(Cl)c(C(F)(F)F)c3)c2)c1. The summed E-state index contributed by atoms with van der Waals surface area (Å²) in [6, 6.07) is 14.6. The number of rotatable bonds is 11. The van der Waals surface area contributed by atoms with E-state index in [4.69, 9.17) is 27.9 Å². The molecule has 0 bridgehead atoms. The van der Waals surface area contributed by atoms with Crippen molar-refractivity contribution >= 4 is 46.5 Å². The summed E-state index contributed by atoms with van der Waals surface area (Å²) in [6.07, 6.45) is -1.95. The van der Waals surface area contributed by atoms with Gasteiger partial charge in [-0.3, -0.25) is 14.4 Å². The summed E-state index contributed by atoms with van der Waals surface area (Å²) in [5, 5.41) is 6.57. The second-order valence-corrected chi connectivity index (χ2v) is 10.6. The lowest BCUT2D eigenvalue weighted by molar-refractivity contribution is -0.143. The summed E-state index contributed by atoms with van der Waals surface area (Å²) in [7, 11) is 1.85. The number of ketones is 1. The average Bonchev–Trinajstić information content (AvgIpc) is 3.47. The molecule has 8 nitrogen and oxygen atoms in total. The lowest BCUT2D eigenvalue weighted by atomic mass is 10.0. The van der Waals surface area contributed by atoms with Crippen LogP contribution < -0.4 is 5.32 Å². The quantitative estimate of drug-likeness (QED) is 0.138. The molecule has 0 saturated carbocycles. The number of carbonyl (C=O) groups excluding carboxylic acids is 3. The number of aromatic nitrogens is 2. The summed E-state index contributed by atoms with van der Waals surface area (Å²) >= 11 is 11.9. The van der Waals surface area contributed by atoms with E-state index in [9.17, 15) is 27.6 Å². The van der Waals surface area contributed by atoms with Gasteiger partial charge in [0.1, 0.15) is 0 Å². The van der Waals surface area contributed by atoms with Gasteiger partial charge < -0.3 is 15.0 Å². The van der Waals surface area contributed by atoms with Crippen molar-refractivity contribution in [2.24, 2.45) is 0 Å². The van der Waals surface area contributed by atoms with Gasteiger partial charge in [-0.25, -0.2) is 4.68 Å². The lowest BCUT2D eigenvalue weighted by Crippen LogP contribution is -2.22. The van der Waals surface area contributed by atoms with E-state index in [1.54, 1.807) is 25.1 Å².